The molecule has 2 aromatic carbocycles. The van der Waals surface area contributed by atoms with Gasteiger partial charge in [-0.3, -0.25) is 0 Å². The molecule has 0 amide bonds. The Morgan fingerprint density at radius 3 is 1.85 bits per heavy atom. The number of nitrogens with one attached hydrogen (secondary N) is 1. The number of anilines is 1. The minimum Gasteiger partial charge on any atom is -0.388 e. The molecular weight excluding hydrogens is 248 g/mol. The molecule has 2 rings (SSSR count). The smallest absolute Gasteiger partial charge is 0.0991 e. The average molecular weight is 262 g/mol. The van der Waals surface area contributed by atoms with E-state index in [0.29, 0.717) is 5.56 Å². The summed E-state index contributed by atoms with van der Waals surface area (Å²) < 4.78 is 0. The lowest BCUT2D eigenvalue weighted by Gasteiger charge is -1.98. The quantitative estimate of drug-likeness (QED) is 0.680. The van der Waals surface area contributed by atoms with Gasteiger partial charge in [0.05, 0.1) is 24.1 Å². The van der Waals surface area contributed by atoms with Gasteiger partial charge in [0.15, 0.2) is 0 Å². The van der Waals surface area contributed by atoms with Gasteiger partial charge in [-0.05, 0) is 35.4 Å². The van der Waals surface area contributed by atoms with Crippen molar-refractivity contribution in [2.75, 3.05) is 12.4 Å². The van der Waals surface area contributed by atoms with Gasteiger partial charge in [0.25, 0.3) is 0 Å². The first-order valence-electron chi connectivity index (χ1n) is 6.16. The molecule has 0 aromatic heterocycles. The van der Waals surface area contributed by atoms with Crippen LogP contribution in [0.5, 0.6) is 0 Å². The summed E-state index contributed by atoms with van der Waals surface area (Å²) in [6.07, 6.45) is 3.35. The first-order chi connectivity index (χ1) is 9.81. The predicted octanol–water partition coefficient (Wildman–Crippen LogP) is 3.05. The first kappa shape index (κ1) is 13.5. The summed E-state index contributed by atoms with van der Waals surface area (Å²) in [5.74, 6) is 0. The summed E-state index contributed by atoms with van der Waals surface area (Å²) in [4.78, 5) is 0. The van der Waals surface area contributed by atoms with E-state index in [4.69, 9.17) is 5.26 Å². The third-order valence-corrected chi connectivity index (χ3v) is 2.72. The molecule has 0 heterocycles. The van der Waals surface area contributed by atoms with Crippen molar-refractivity contribution in [2.45, 2.75) is 0 Å². The van der Waals surface area contributed by atoms with Gasteiger partial charge in [-0.25, -0.2) is 0 Å². The van der Waals surface area contributed by atoms with E-state index in [1.807, 2.05) is 43.4 Å². The van der Waals surface area contributed by atoms with Gasteiger partial charge in [0.1, 0.15) is 0 Å². The predicted molar refractivity (Wildman–Crippen MR) is 82.3 cm³/mol. The van der Waals surface area contributed by atoms with Crippen LogP contribution in [0, 0.1) is 11.3 Å². The van der Waals surface area contributed by atoms with Crippen LogP contribution in [0.3, 0.4) is 0 Å². The molecule has 0 atom stereocenters. The van der Waals surface area contributed by atoms with Crippen molar-refractivity contribution < 1.29 is 0 Å². The number of nitriles is 1. The van der Waals surface area contributed by atoms with E-state index in [9.17, 15) is 0 Å². The summed E-state index contributed by atoms with van der Waals surface area (Å²) >= 11 is 0. The molecule has 4 heteroatoms. The van der Waals surface area contributed by atoms with Crippen molar-refractivity contribution in [2.24, 2.45) is 10.2 Å². The number of hydrogen-bond acceptors (Lipinski definition) is 4. The fourth-order valence-electron chi connectivity index (χ4n) is 1.58. The van der Waals surface area contributed by atoms with Crippen LogP contribution in [0.1, 0.15) is 16.7 Å². The average Bonchev–Trinajstić information content (AvgIpc) is 2.53. The number of hydrogen-bond donors (Lipinski definition) is 1. The largest absolute Gasteiger partial charge is 0.388 e. The van der Waals surface area contributed by atoms with Crippen molar-refractivity contribution in [1.29, 1.82) is 5.26 Å². The fourth-order valence-corrected chi connectivity index (χ4v) is 1.58. The van der Waals surface area contributed by atoms with Gasteiger partial charge in [-0.15, -0.1) is 0 Å². The molecule has 1 N–H and O–H groups in total. The highest BCUT2D eigenvalue weighted by atomic mass is 15.2. The highest BCUT2D eigenvalue weighted by Gasteiger charge is 1.90. The molecule has 2 aromatic rings. The van der Waals surface area contributed by atoms with Crippen LogP contribution in [0.4, 0.5) is 5.69 Å². The monoisotopic (exact) mass is 262 g/mol. The van der Waals surface area contributed by atoms with E-state index >= 15 is 0 Å². The molecule has 0 saturated heterocycles. The van der Waals surface area contributed by atoms with Crippen molar-refractivity contribution in [3.05, 3.63) is 65.2 Å². The first-order valence-corrected chi connectivity index (χ1v) is 6.16. The highest BCUT2D eigenvalue weighted by Crippen LogP contribution is 2.06. The maximum absolute atomic E-state index is 8.69. The summed E-state index contributed by atoms with van der Waals surface area (Å²) in [6.45, 7) is 0. The van der Waals surface area contributed by atoms with Crippen molar-refractivity contribution in [1.82, 2.24) is 0 Å². The summed E-state index contributed by atoms with van der Waals surface area (Å²) in [5, 5.41) is 19.7. The van der Waals surface area contributed by atoms with Crippen LogP contribution in [-0.4, -0.2) is 19.5 Å². The maximum atomic E-state index is 8.69. The van der Waals surface area contributed by atoms with Crippen molar-refractivity contribution in [3.8, 4) is 6.07 Å². The van der Waals surface area contributed by atoms with Gasteiger partial charge in [-0.1, -0.05) is 24.3 Å². The summed E-state index contributed by atoms with van der Waals surface area (Å²) in [6, 6.07) is 17.1. The second kappa shape index (κ2) is 6.86. The number of benzene rings is 2. The summed E-state index contributed by atoms with van der Waals surface area (Å²) in [5.41, 5.74) is 3.59. The molecule has 0 radical (unpaired) electrons. The molecule has 20 heavy (non-hydrogen) atoms. The van der Waals surface area contributed by atoms with Gasteiger partial charge in [0.2, 0.25) is 0 Å². The topological polar surface area (TPSA) is 60.5 Å². The van der Waals surface area contributed by atoms with E-state index in [2.05, 4.69) is 21.6 Å². The number of nitrogens with zero attached hydrogens (tertiary/aromatic N) is 3. The Morgan fingerprint density at radius 2 is 1.40 bits per heavy atom. The van der Waals surface area contributed by atoms with Crippen molar-refractivity contribution in [3.63, 3.8) is 0 Å². The molecule has 0 aliphatic heterocycles. The molecule has 4 nitrogen and oxygen atoms in total. The van der Waals surface area contributed by atoms with E-state index in [1.54, 1.807) is 24.6 Å². The molecule has 0 saturated carbocycles. The zero-order chi connectivity index (χ0) is 14.2. The highest BCUT2D eigenvalue weighted by molar-refractivity contribution is 5.83. The number of rotatable bonds is 4. The second-order valence-electron chi connectivity index (χ2n) is 4.09. The Kier molecular flexibility index (Phi) is 4.63. The van der Waals surface area contributed by atoms with E-state index in [1.165, 1.54) is 0 Å². The molecule has 98 valence electrons. The van der Waals surface area contributed by atoms with Crippen LogP contribution < -0.4 is 5.32 Å². The molecule has 0 fully saturated rings. The minimum absolute atomic E-state index is 0.635. The van der Waals surface area contributed by atoms with Gasteiger partial charge in [0, 0.05) is 12.7 Å². The summed E-state index contributed by atoms with van der Waals surface area (Å²) in [7, 11) is 1.88. The van der Waals surface area contributed by atoms with Gasteiger partial charge in [-0.2, -0.15) is 15.5 Å². The Balaban J connectivity index is 1.97. The van der Waals surface area contributed by atoms with Crippen LogP contribution in [0.2, 0.25) is 0 Å². The van der Waals surface area contributed by atoms with Crippen LogP contribution in [0.25, 0.3) is 0 Å². The van der Waals surface area contributed by atoms with Crippen molar-refractivity contribution >= 4 is 18.1 Å². The zero-order valence-electron chi connectivity index (χ0n) is 11.1. The van der Waals surface area contributed by atoms with E-state index in [0.717, 1.165) is 16.8 Å². The standard InChI is InChI=1S/C16H14N4/c1-18-16-8-6-15(7-9-16)12-20-19-11-14-4-2-13(10-17)3-5-14/h2-9,11-12,18H,1H3/b19-11+,20-12+. The van der Waals surface area contributed by atoms with Crippen LogP contribution in [0.15, 0.2) is 58.7 Å². The van der Waals surface area contributed by atoms with Crippen LogP contribution >= 0.6 is 0 Å². The van der Waals surface area contributed by atoms with Crippen LogP contribution in [-0.2, 0) is 0 Å². The lowest BCUT2D eigenvalue weighted by Crippen LogP contribution is -1.88. The lowest BCUT2D eigenvalue weighted by molar-refractivity contribution is 1.26. The molecule has 0 bridgehead atoms. The minimum atomic E-state index is 0.635. The fraction of sp³-hybridized carbons (Fsp3) is 0.0625. The van der Waals surface area contributed by atoms with Gasteiger partial charge >= 0.3 is 0 Å². The van der Waals surface area contributed by atoms with E-state index in [-0.39, 0.29) is 0 Å². The molecule has 0 spiro atoms. The van der Waals surface area contributed by atoms with Gasteiger partial charge < -0.3 is 5.32 Å². The second-order valence-corrected chi connectivity index (χ2v) is 4.09. The maximum Gasteiger partial charge on any atom is 0.0991 e. The third kappa shape index (κ3) is 3.79. The third-order valence-electron chi connectivity index (χ3n) is 2.72. The SMILES string of the molecule is CNc1ccc(/C=N/N=C/c2ccc(C#N)cc2)cc1. The Hall–Kier alpha value is -2.93. The molecular formula is C16H14N4. The molecule has 0 aliphatic rings. The Morgan fingerprint density at radius 1 is 0.900 bits per heavy atom. The molecule has 0 unspecified atom stereocenters. The molecule has 0 aliphatic carbocycles. The zero-order valence-corrected chi connectivity index (χ0v) is 11.1. The normalized spacial score (nSPS) is 10.8. The Bertz CT molecular complexity index is 646. The Labute approximate surface area is 118 Å². The van der Waals surface area contributed by atoms with E-state index < -0.39 is 0 Å². The lowest BCUT2D eigenvalue weighted by atomic mass is 10.2.